The second-order valence-electron chi connectivity index (χ2n) is 6.89. The summed E-state index contributed by atoms with van der Waals surface area (Å²) in [6, 6.07) is 24.5. The number of anilines is 1. The minimum atomic E-state index is -0.362. The molecule has 0 atom stereocenters. The SMILES string of the molecule is COc1cc(OC)c(C(=O)Nc2cc(-c3ccccc3)nn2-c2ccccc2)cc1OC. The van der Waals surface area contributed by atoms with Gasteiger partial charge in [-0.15, -0.1) is 0 Å². The molecule has 4 aromatic rings. The second kappa shape index (κ2) is 9.26. The van der Waals surface area contributed by atoms with Crippen LogP contribution >= 0.6 is 0 Å². The number of ether oxygens (including phenoxy) is 3. The highest BCUT2D eigenvalue weighted by Gasteiger charge is 2.20. The minimum Gasteiger partial charge on any atom is -0.496 e. The van der Waals surface area contributed by atoms with Crippen LogP contribution in [0.2, 0.25) is 0 Å². The number of nitrogens with zero attached hydrogens (tertiary/aromatic N) is 2. The first kappa shape index (κ1) is 21.0. The van der Waals surface area contributed by atoms with Crippen molar-refractivity contribution in [2.24, 2.45) is 0 Å². The molecule has 32 heavy (non-hydrogen) atoms. The largest absolute Gasteiger partial charge is 0.496 e. The van der Waals surface area contributed by atoms with Gasteiger partial charge in [0.05, 0.1) is 38.3 Å². The fourth-order valence-corrected chi connectivity index (χ4v) is 3.38. The highest BCUT2D eigenvalue weighted by Crippen LogP contribution is 2.35. The van der Waals surface area contributed by atoms with E-state index in [-0.39, 0.29) is 5.91 Å². The molecule has 0 aliphatic rings. The lowest BCUT2D eigenvalue weighted by atomic mass is 10.1. The van der Waals surface area contributed by atoms with Gasteiger partial charge in [-0.25, -0.2) is 4.68 Å². The van der Waals surface area contributed by atoms with Gasteiger partial charge in [0.1, 0.15) is 11.6 Å². The maximum Gasteiger partial charge on any atom is 0.260 e. The molecule has 0 saturated heterocycles. The van der Waals surface area contributed by atoms with Crippen LogP contribution < -0.4 is 19.5 Å². The molecule has 0 saturated carbocycles. The third kappa shape index (κ3) is 4.13. The van der Waals surface area contributed by atoms with Gasteiger partial charge in [0.25, 0.3) is 5.91 Å². The molecule has 0 radical (unpaired) electrons. The van der Waals surface area contributed by atoms with E-state index < -0.39 is 0 Å². The predicted molar refractivity (Wildman–Crippen MR) is 123 cm³/mol. The molecular weight excluding hydrogens is 406 g/mol. The van der Waals surface area contributed by atoms with Gasteiger partial charge in [0.2, 0.25) is 0 Å². The van der Waals surface area contributed by atoms with Gasteiger partial charge < -0.3 is 19.5 Å². The number of hydrogen-bond acceptors (Lipinski definition) is 5. The molecule has 7 nitrogen and oxygen atoms in total. The van der Waals surface area contributed by atoms with E-state index in [1.807, 2.05) is 66.7 Å². The van der Waals surface area contributed by atoms with Crippen LogP contribution in [-0.2, 0) is 0 Å². The molecule has 0 spiro atoms. The van der Waals surface area contributed by atoms with Gasteiger partial charge in [-0.2, -0.15) is 5.10 Å². The fraction of sp³-hybridized carbons (Fsp3) is 0.120. The van der Waals surface area contributed by atoms with Crippen molar-refractivity contribution in [3.63, 3.8) is 0 Å². The number of carbonyl (C=O) groups excluding carboxylic acids is 1. The van der Waals surface area contributed by atoms with Crippen LogP contribution in [0.15, 0.2) is 78.9 Å². The zero-order chi connectivity index (χ0) is 22.5. The van der Waals surface area contributed by atoms with Crippen molar-refractivity contribution < 1.29 is 19.0 Å². The summed E-state index contributed by atoms with van der Waals surface area (Å²) >= 11 is 0. The summed E-state index contributed by atoms with van der Waals surface area (Å²) in [4.78, 5) is 13.3. The summed E-state index contributed by atoms with van der Waals surface area (Å²) in [5, 5.41) is 7.69. The average Bonchev–Trinajstić information content (AvgIpc) is 3.27. The van der Waals surface area contributed by atoms with Crippen molar-refractivity contribution in [2.45, 2.75) is 0 Å². The molecule has 0 unspecified atom stereocenters. The van der Waals surface area contributed by atoms with Crippen LogP contribution in [0.4, 0.5) is 5.82 Å². The van der Waals surface area contributed by atoms with Crippen molar-refractivity contribution in [1.82, 2.24) is 9.78 Å². The second-order valence-corrected chi connectivity index (χ2v) is 6.89. The van der Waals surface area contributed by atoms with Crippen molar-refractivity contribution in [3.8, 4) is 34.2 Å². The number of carbonyl (C=O) groups is 1. The minimum absolute atomic E-state index is 0.312. The van der Waals surface area contributed by atoms with Gasteiger partial charge in [-0.05, 0) is 12.1 Å². The van der Waals surface area contributed by atoms with E-state index in [2.05, 4.69) is 5.32 Å². The predicted octanol–water partition coefficient (Wildman–Crippen LogP) is 4.82. The Morgan fingerprint density at radius 1 is 0.781 bits per heavy atom. The van der Waals surface area contributed by atoms with Crippen molar-refractivity contribution in [2.75, 3.05) is 26.6 Å². The Morgan fingerprint density at radius 3 is 2.00 bits per heavy atom. The third-order valence-electron chi connectivity index (χ3n) is 4.97. The van der Waals surface area contributed by atoms with Gasteiger partial charge in [0.15, 0.2) is 11.5 Å². The highest BCUT2D eigenvalue weighted by atomic mass is 16.5. The van der Waals surface area contributed by atoms with Gasteiger partial charge >= 0.3 is 0 Å². The lowest BCUT2D eigenvalue weighted by Gasteiger charge is -2.14. The molecule has 1 N–H and O–H groups in total. The summed E-state index contributed by atoms with van der Waals surface area (Å²) in [7, 11) is 4.54. The summed E-state index contributed by atoms with van der Waals surface area (Å²) < 4.78 is 17.8. The Bertz CT molecular complexity index is 1220. The number of amides is 1. The van der Waals surface area contributed by atoms with Crippen LogP contribution in [0.3, 0.4) is 0 Å². The molecule has 1 heterocycles. The van der Waals surface area contributed by atoms with Crippen molar-refractivity contribution in [3.05, 3.63) is 84.4 Å². The molecular formula is C25H23N3O4. The molecule has 162 valence electrons. The molecule has 0 aliphatic carbocycles. The number of nitrogens with one attached hydrogen (secondary N) is 1. The standard InChI is InChI=1S/C25H23N3O4/c1-30-21-16-23(32-3)22(31-2)14-19(21)25(29)26-24-15-20(17-10-6-4-7-11-17)27-28(24)18-12-8-5-9-13-18/h4-16H,1-3H3,(H,26,29). The average molecular weight is 429 g/mol. The number of aromatic nitrogens is 2. The Morgan fingerprint density at radius 2 is 1.38 bits per heavy atom. The summed E-state index contributed by atoms with van der Waals surface area (Å²) in [5.41, 5.74) is 2.82. The summed E-state index contributed by atoms with van der Waals surface area (Å²) in [6.07, 6.45) is 0. The van der Waals surface area contributed by atoms with E-state index in [9.17, 15) is 4.79 Å². The number of hydrogen-bond donors (Lipinski definition) is 1. The van der Waals surface area contributed by atoms with Gasteiger partial charge in [-0.1, -0.05) is 48.5 Å². The number of para-hydroxylation sites is 1. The molecule has 1 aromatic heterocycles. The Hall–Kier alpha value is -4.26. The lowest BCUT2D eigenvalue weighted by molar-refractivity contribution is 0.102. The van der Waals surface area contributed by atoms with Crippen LogP contribution in [0, 0.1) is 0 Å². The maximum absolute atomic E-state index is 13.3. The Labute approximate surface area is 186 Å². The summed E-state index contributed by atoms with van der Waals surface area (Å²) in [6.45, 7) is 0. The first-order chi connectivity index (χ1) is 15.6. The van der Waals surface area contributed by atoms with Crippen LogP contribution in [-0.4, -0.2) is 37.0 Å². The number of benzene rings is 3. The topological polar surface area (TPSA) is 74.6 Å². The van der Waals surface area contributed by atoms with Crippen molar-refractivity contribution >= 4 is 11.7 Å². The normalized spacial score (nSPS) is 10.5. The molecule has 0 fully saturated rings. The lowest BCUT2D eigenvalue weighted by Crippen LogP contribution is -2.16. The number of methoxy groups -OCH3 is 3. The van der Waals surface area contributed by atoms with Crippen molar-refractivity contribution in [1.29, 1.82) is 0 Å². The molecule has 3 aromatic carbocycles. The quantitative estimate of drug-likeness (QED) is 0.456. The maximum atomic E-state index is 13.3. The fourth-order valence-electron chi connectivity index (χ4n) is 3.38. The first-order valence-electron chi connectivity index (χ1n) is 9.97. The zero-order valence-electron chi connectivity index (χ0n) is 18.0. The third-order valence-corrected chi connectivity index (χ3v) is 4.97. The molecule has 4 rings (SSSR count). The molecule has 0 bridgehead atoms. The Kier molecular flexibility index (Phi) is 6.07. The highest BCUT2D eigenvalue weighted by molar-refractivity contribution is 6.06. The van der Waals surface area contributed by atoms with E-state index in [4.69, 9.17) is 19.3 Å². The van der Waals surface area contributed by atoms with Gasteiger partial charge in [0, 0.05) is 23.8 Å². The van der Waals surface area contributed by atoms with E-state index in [1.54, 1.807) is 16.8 Å². The van der Waals surface area contributed by atoms with E-state index in [0.29, 0.717) is 28.6 Å². The molecule has 0 aliphatic heterocycles. The van der Waals surface area contributed by atoms with Gasteiger partial charge in [-0.3, -0.25) is 4.79 Å². The smallest absolute Gasteiger partial charge is 0.260 e. The Balaban J connectivity index is 1.76. The van der Waals surface area contributed by atoms with Crippen LogP contribution in [0.5, 0.6) is 17.2 Å². The molecule has 1 amide bonds. The van der Waals surface area contributed by atoms with Crippen LogP contribution in [0.1, 0.15) is 10.4 Å². The number of rotatable bonds is 7. The summed E-state index contributed by atoms with van der Waals surface area (Å²) in [5.74, 6) is 1.44. The van der Waals surface area contributed by atoms with E-state index in [0.717, 1.165) is 16.9 Å². The van der Waals surface area contributed by atoms with E-state index >= 15 is 0 Å². The van der Waals surface area contributed by atoms with Crippen LogP contribution in [0.25, 0.3) is 16.9 Å². The van der Waals surface area contributed by atoms with E-state index in [1.165, 1.54) is 21.3 Å². The zero-order valence-corrected chi connectivity index (χ0v) is 18.0. The first-order valence-corrected chi connectivity index (χ1v) is 9.97. The molecule has 7 heteroatoms. The monoisotopic (exact) mass is 429 g/mol.